The lowest BCUT2D eigenvalue weighted by molar-refractivity contribution is 0.0657. The number of carbonyl (C=O) groups excluding carboxylic acids is 1. The molecule has 0 aliphatic carbocycles. The molecule has 0 radical (unpaired) electrons. The third-order valence-electron chi connectivity index (χ3n) is 4.42. The highest BCUT2D eigenvalue weighted by molar-refractivity contribution is 7.89. The lowest BCUT2D eigenvalue weighted by atomic mass is 9.97. The zero-order valence-corrected chi connectivity index (χ0v) is 15.3. The lowest BCUT2D eigenvalue weighted by Crippen LogP contribution is -2.39. The molecular weight excluding hydrogens is 344 g/mol. The molecule has 1 aliphatic heterocycles. The van der Waals surface area contributed by atoms with E-state index in [1.54, 1.807) is 23.5 Å². The van der Waals surface area contributed by atoms with Gasteiger partial charge in [-0.1, -0.05) is 6.92 Å². The molecule has 2 aromatic rings. The van der Waals surface area contributed by atoms with Crippen LogP contribution in [0.5, 0.6) is 0 Å². The van der Waals surface area contributed by atoms with Crippen molar-refractivity contribution in [3.05, 3.63) is 51.7 Å². The summed E-state index contributed by atoms with van der Waals surface area (Å²) in [7, 11) is -2.12. The molecular formula is C17H20N2O3S2. The monoisotopic (exact) mass is 364 g/mol. The molecule has 1 aromatic heterocycles. The number of nitrogens with one attached hydrogen (secondary N) is 1. The fourth-order valence-electron chi connectivity index (χ4n) is 3.14. The molecule has 0 saturated heterocycles. The SMILES string of the molecule is CCC1c2ccsc2CCN1C(=O)c1ccc(S(=O)(=O)NC)cc1. The van der Waals surface area contributed by atoms with Gasteiger partial charge in [-0.3, -0.25) is 4.79 Å². The highest BCUT2D eigenvalue weighted by atomic mass is 32.2. The van der Waals surface area contributed by atoms with Gasteiger partial charge in [0.15, 0.2) is 0 Å². The Labute approximate surface area is 146 Å². The lowest BCUT2D eigenvalue weighted by Gasteiger charge is -2.35. The number of nitrogens with zero attached hydrogens (tertiary/aromatic N) is 1. The number of thiophene rings is 1. The number of rotatable bonds is 4. The average molecular weight is 364 g/mol. The molecule has 0 saturated carbocycles. The molecule has 3 rings (SSSR count). The predicted octanol–water partition coefficient (Wildman–Crippen LogP) is 2.81. The van der Waals surface area contributed by atoms with Crippen LogP contribution in [0.4, 0.5) is 0 Å². The van der Waals surface area contributed by atoms with Crippen molar-refractivity contribution >= 4 is 27.3 Å². The van der Waals surface area contributed by atoms with Crippen LogP contribution in [0, 0.1) is 0 Å². The van der Waals surface area contributed by atoms with E-state index in [4.69, 9.17) is 0 Å². The molecule has 7 heteroatoms. The molecule has 1 aliphatic rings. The van der Waals surface area contributed by atoms with Gasteiger partial charge >= 0.3 is 0 Å². The Balaban J connectivity index is 1.87. The molecule has 1 amide bonds. The molecule has 24 heavy (non-hydrogen) atoms. The number of hydrogen-bond donors (Lipinski definition) is 1. The summed E-state index contributed by atoms with van der Waals surface area (Å²) in [6.07, 6.45) is 1.74. The van der Waals surface area contributed by atoms with Crippen LogP contribution in [-0.2, 0) is 16.4 Å². The number of sulfonamides is 1. The standard InChI is InChI=1S/C17H20N2O3S2/c1-3-15-14-9-11-23-16(14)8-10-19(15)17(20)12-4-6-13(7-5-12)24(21,22)18-2/h4-7,9,11,15,18H,3,8,10H2,1-2H3. The summed E-state index contributed by atoms with van der Waals surface area (Å²) in [5.41, 5.74) is 1.76. The van der Waals surface area contributed by atoms with Crippen LogP contribution in [0.1, 0.15) is 40.2 Å². The van der Waals surface area contributed by atoms with E-state index in [9.17, 15) is 13.2 Å². The van der Waals surface area contributed by atoms with E-state index in [0.29, 0.717) is 12.1 Å². The van der Waals surface area contributed by atoms with Crippen molar-refractivity contribution in [3.8, 4) is 0 Å². The molecule has 2 heterocycles. The van der Waals surface area contributed by atoms with Crippen LogP contribution in [0.25, 0.3) is 0 Å². The Morgan fingerprint density at radius 2 is 2.00 bits per heavy atom. The Bertz CT molecular complexity index is 841. The van der Waals surface area contributed by atoms with Crippen LogP contribution >= 0.6 is 11.3 Å². The van der Waals surface area contributed by atoms with Gasteiger partial charge in [-0.2, -0.15) is 0 Å². The van der Waals surface area contributed by atoms with Crippen LogP contribution in [0.3, 0.4) is 0 Å². The van der Waals surface area contributed by atoms with E-state index in [-0.39, 0.29) is 16.8 Å². The summed E-state index contributed by atoms with van der Waals surface area (Å²) in [4.78, 5) is 16.3. The van der Waals surface area contributed by atoms with Gasteiger partial charge in [0, 0.05) is 17.0 Å². The number of fused-ring (bicyclic) bond motifs is 1. The first-order valence-corrected chi connectivity index (χ1v) is 10.2. The first-order chi connectivity index (χ1) is 11.5. The zero-order chi connectivity index (χ0) is 17.3. The van der Waals surface area contributed by atoms with E-state index in [1.165, 1.54) is 29.6 Å². The smallest absolute Gasteiger partial charge is 0.254 e. The maximum atomic E-state index is 12.9. The second-order valence-corrected chi connectivity index (χ2v) is 8.59. The molecule has 0 bridgehead atoms. The summed E-state index contributed by atoms with van der Waals surface area (Å²) in [6, 6.07) is 8.31. The minimum Gasteiger partial charge on any atom is -0.331 e. The maximum absolute atomic E-state index is 12.9. The van der Waals surface area contributed by atoms with Crippen molar-refractivity contribution in [2.45, 2.75) is 30.7 Å². The number of hydrogen-bond acceptors (Lipinski definition) is 4. The average Bonchev–Trinajstić information content (AvgIpc) is 3.09. The maximum Gasteiger partial charge on any atom is 0.254 e. The van der Waals surface area contributed by atoms with E-state index in [2.05, 4.69) is 23.1 Å². The van der Waals surface area contributed by atoms with Gasteiger partial charge in [0.25, 0.3) is 5.91 Å². The largest absolute Gasteiger partial charge is 0.331 e. The Morgan fingerprint density at radius 1 is 1.29 bits per heavy atom. The van der Waals surface area contributed by atoms with E-state index >= 15 is 0 Å². The molecule has 5 nitrogen and oxygen atoms in total. The minimum atomic E-state index is -3.49. The number of benzene rings is 1. The van der Waals surface area contributed by atoms with Gasteiger partial charge in [-0.05, 0) is 61.2 Å². The second kappa shape index (κ2) is 6.66. The van der Waals surface area contributed by atoms with E-state index in [1.807, 2.05) is 4.90 Å². The Kier molecular flexibility index (Phi) is 4.76. The van der Waals surface area contributed by atoms with Crippen LogP contribution < -0.4 is 4.72 Å². The van der Waals surface area contributed by atoms with Gasteiger partial charge in [-0.15, -0.1) is 11.3 Å². The fourth-order valence-corrected chi connectivity index (χ4v) is 4.80. The van der Waals surface area contributed by atoms with Gasteiger partial charge in [0.2, 0.25) is 10.0 Å². The molecule has 0 spiro atoms. The first-order valence-electron chi connectivity index (χ1n) is 7.88. The summed E-state index contributed by atoms with van der Waals surface area (Å²) >= 11 is 1.75. The third kappa shape index (κ3) is 2.99. The van der Waals surface area contributed by atoms with Crippen molar-refractivity contribution < 1.29 is 13.2 Å². The summed E-state index contributed by atoms with van der Waals surface area (Å²) in [5.74, 6) is -0.0490. The molecule has 1 atom stereocenters. The first kappa shape index (κ1) is 17.1. The van der Waals surface area contributed by atoms with Gasteiger partial charge < -0.3 is 4.90 Å². The number of amides is 1. The molecule has 0 fully saturated rings. The minimum absolute atomic E-state index is 0.0490. The number of carbonyl (C=O) groups is 1. The normalized spacial score (nSPS) is 17.6. The zero-order valence-electron chi connectivity index (χ0n) is 13.7. The highest BCUT2D eigenvalue weighted by Gasteiger charge is 2.30. The predicted molar refractivity (Wildman–Crippen MR) is 94.8 cm³/mol. The Hall–Kier alpha value is -1.70. The summed E-state index contributed by atoms with van der Waals surface area (Å²) < 4.78 is 25.8. The van der Waals surface area contributed by atoms with Crippen molar-refractivity contribution in [2.75, 3.05) is 13.6 Å². The molecule has 1 aromatic carbocycles. The Morgan fingerprint density at radius 3 is 2.62 bits per heavy atom. The van der Waals surface area contributed by atoms with Crippen LogP contribution in [-0.4, -0.2) is 32.8 Å². The van der Waals surface area contributed by atoms with Crippen LogP contribution in [0.15, 0.2) is 40.6 Å². The summed E-state index contributed by atoms with van der Waals surface area (Å²) in [5, 5.41) is 2.08. The van der Waals surface area contributed by atoms with E-state index in [0.717, 1.165) is 12.8 Å². The van der Waals surface area contributed by atoms with Gasteiger partial charge in [0.05, 0.1) is 10.9 Å². The van der Waals surface area contributed by atoms with E-state index < -0.39 is 10.0 Å². The molecule has 1 unspecified atom stereocenters. The van der Waals surface area contributed by atoms with Crippen molar-refractivity contribution in [1.82, 2.24) is 9.62 Å². The second-order valence-electron chi connectivity index (χ2n) is 5.70. The fraction of sp³-hybridized carbons (Fsp3) is 0.353. The topological polar surface area (TPSA) is 66.5 Å². The van der Waals surface area contributed by atoms with Crippen LogP contribution in [0.2, 0.25) is 0 Å². The highest BCUT2D eigenvalue weighted by Crippen LogP contribution is 2.36. The molecule has 1 N–H and O–H groups in total. The quantitative estimate of drug-likeness (QED) is 0.907. The van der Waals surface area contributed by atoms with Crippen molar-refractivity contribution in [3.63, 3.8) is 0 Å². The van der Waals surface area contributed by atoms with Gasteiger partial charge in [-0.25, -0.2) is 13.1 Å². The molecule has 128 valence electrons. The van der Waals surface area contributed by atoms with Crippen molar-refractivity contribution in [1.29, 1.82) is 0 Å². The third-order valence-corrected chi connectivity index (χ3v) is 6.85. The van der Waals surface area contributed by atoms with Gasteiger partial charge in [0.1, 0.15) is 0 Å². The summed E-state index contributed by atoms with van der Waals surface area (Å²) in [6.45, 7) is 2.78. The van der Waals surface area contributed by atoms with Crippen molar-refractivity contribution in [2.24, 2.45) is 0 Å².